The molecule has 1 fully saturated rings. The van der Waals surface area contributed by atoms with E-state index in [0.29, 0.717) is 17.6 Å². The summed E-state index contributed by atoms with van der Waals surface area (Å²) in [4.78, 5) is 11.8. The van der Waals surface area contributed by atoms with E-state index in [-0.39, 0.29) is 18.3 Å². The van der Waals surface area contributed by atoms with Crippen LogP contribution in [0.25, 0.3) is 0 Å². The van der Waals surface area contributed by atoms with Crippen molar-refractivity contribution in [3.63, 3.8) is 0 Å². The van der Waals surface area contributed by atoms with Crippen LogP contribution in [0.1, 0.15) is 40.0 Å². The van der Waals surface area contributed by atoms with E-state index in [9.17, 15) is 15.0 Å². The molecule has 2 aliphatic carbocycles. The number of ether oxygens (including phenoxy) is 1. The van der Waals surface area contributed by atoms with Gasteiger partial charge < -0.3 is 14.9 Å². The van der Waals surface area contributed by atoms with E-state index < -0.39 is 17.4 Å². The van der Waals surface area contributed by atoms with E-state index in [1.54, 1.807) is 6.92 Å². The first-order chi connectivity index (χ1) is 8.78. The molecule has 0 saturated heterocycles. The van der Waals surface area contributed by atoms with Crippen molar-refractivity contribution in [3.05, 3.63) is 22.8 Å². The molecule has 19 heavy (non-hydrogen) atoms. The van der Waals surface area contributed by atoms with Gasteiger partial charge in [-0.05, 0) is 32.6 Å². The Morgan fingerprint density at radius 1 is 1.37 bits per heavy atom. The van der Waals surface area contributed by atoms with Crippen molar-refractivity contribution in [1.29, 1.82) is 0 Å². The van der Waals surface area contributed by atoms with Crippen molar-refractivity contribution in [2.24, 2.45) is 11.8 Å². The quantitative estimate of drug-likeness (QED) is 0.516. The third-order valence-corrected chi connectivity index (χ3v) is 5.05. The Morgan fingerprint density at radius 3 is 2.74 bits per heavy atom. The zero-order valence-corrected chi connectivity index (χ0v) is 11.6. The van der Waals surface area contributed by atoms with E-state index in [1.807, 2.05) is 19.9 Å². The van der Waals surface area contributed by atoms with Crippen molar-refractivity contribution in [2.45, 2.75) is 51.4 Å². The molecule has 104 valence electrons. The molecule has 4 unspecified atom stereocenters. The summed E-state index contributed by atoms with van der Waals surface area (Å²) in [5.74, 6) is -2.42. The van der Waals surface area contributed by atoms with E-state index >= 15 is 0 Å². The molecular weight excluding hydrogens is 244 g/mol. The van der Waals surface area contributed by atoms with Gasteiger partial charge in [0.05, 0.1) is 5.60 Å². The average molecular weight is 264 g/mol. The lowest BCUT2D eigenvalue weighted by Crippen LogP contribution is -2.56. The molecule has 3 rings (SSSR count). The first-order valence-electron chi connectivity index (χ1n) is 6.84. The van der Waals surface area contributed by atoms with Gasteiger partial charge in [0.2, 0.25) is 5.79 Å². The summed E-state index contributed by atoms with van der Waals surface area (Å²) in [6, 6.07) is 0. The second kappa shape index (κ2) is 3.70. The third-order valence-electron chi connectivity index (χ3n) is 5.05. The summed E-state index contributed by atoms with van der Waals surface area (Å²) in [6.45, 7) is 5.60. The Kier molecular flexibility index (Phi) is 2.51. The van der Waals surface area contributed by atoms with E-state index in [1.165, 1.54) is 5.57 Å². The first kappa shape index (κ1) is 12.9. The lowest BCUT2D eigenvalue weighted by molar-refractivity contribution is -0.214. The van der Waals surface area contributed by atoms with Gasteiger partial charge >= 0.3 is 5.97 Å². The van der Waals surface area contributed by atoms with Crippen molar-refractivity contribution in [2.75, 3.05) is 0 Å². The number of allylic oxidation sites excluding steroid dienone is 1. The van der Waals surface area contributed by atoms with Crippen molar-refractivity contribution < 1.29 is 19.7 Å². The average Bonchev–Trinajstić information content (AvgIpc) is 2.53. The Hall–Kier alpha value is -1.13. The highest BCUT2D eigenvalue weighted by atomic mass is 16.7. The van der Waals surface area contributed by atoms with Gasteiger partial charge in [0, 0.05) is 23.5 Å². The molecule has 0 aromatic carbocycles. The maximum Gasteiger partial charge on any atom is 0.336 e. The summed E-state index contributed by atoms with van der Waals surface area (Å²) >= 11 is 0. The minimum absolute atomic E-state index is 0.116. The molecule has 0 bridgehead atoms. The molecule has 1 heterocycles. The molecule has 1 aliphatic heterocycles. The SMILES string of the molecule is CC1=CC2C3=C(C)C(=O)OC3(O)CC(C)C2(O)CC1. The van der Waals surface area contributed by atoms with Crippen molar-refractivity contribution >= 4 is 5.97 Å². The molecule has 0 aromatic rings. The summed E-state index contributed by atoms with van der Waals surface area (Å²) in [5.41, 5.74) is 1.32. The van der Waals surface area contributed by atoms with Gasteiger partial charge in [0.15, 0.2) is 0 Å². The zero-order chi connectivity index (χ0) is 14.0. The Labute approximate surface area is 112 Å². The van der Waals surface area contributed by atoms with E-state index in [2.05, 4.69) is 0 Å². The van der Waals surface area contributed by atoms with E-state index in [4.69, 9.17) is 4.74 Å². The third kappa shape index (κ3) is 1.56. The summed E-state index contributed by atoms with van der Waals surface area (Å²) in [7, 11) is 0. The maximum absolute atomic E-state index is 11.8. The highest BCUT2D eigenvalue weighted by Gasteiger charge is 2.60. The number of esters is 1. The molecule has 2 N–H and O–H groups in total. The van der Waals surface area contributed by atoms with Gasteiger partial charge in [-0.25, -0.2) is 4.79 Å². The van der Waals surface area contributed by atoms with Gasteiger partial charge in [-0.1, -0.05) is 18.6 Å². The lowest BCUT2D eigenvalue weighted by Gasteiger charge is -2.51. The molecule has 4 heteroatoms. The Morgan fingerprint density at radius 2 is 2.05 bits per heavy atom. The highest BCUT2D eigenvalue weighted by molar-refractivity contribution is 5.92. The fourth-order valence-corrected chi connectivity index (χ4v) is 3.86. The molecule has 4 atom stereocenters. The van der Waals surface area contributed by atoms with Crippen LogP contribution in [-0.4, -0.2) is 27.6 Å². The molecule has 0 radical (unpaired) electrons. The minimum atomic E-state index is -1.52. The van der Waals surface area contributed by atoms with Crippen LogP contribution in [-0.2, 0) is 9.53 Å². The number of fused-ring (bicyclic) bond motifs is 3. The van der Waals surface area contributed by atoms with Crippen LogP contribution in [0.3, 0.4) is 0 Å². The highest BCUT2D eigenvalue weighted by Crippen LogP contribution is 2.55. The van der Waals surface area contributed by atoms with Crippen molar-refractivity contribution in [3.8, 4) is 0 Å². The number of aliphatic hydroxyl groups is 2. The van der Waals surface area contributed by atoms with Gasteiger partial charge in [-0.15, -0.1) is 0 Å². The van der Waals surface area contributed by atoms with Crippen LogP contribution in [0, 0.1) is 11.8 Å². The zero-order valence-electron chi connectivity index (χ0n) is 11.6. The molecular formula is C15H20O4. The smallest absolute Gasteiger partial charge is 0.336 e. The fraction of sp³-hybridized carbons (Fsp3) is 0.667. The molecule has 4 nitrogen and oxygen atoms in total. The molecule has 1 saturated carbocycles. The second-order valence-corrected chi connectivity index (χ2v) is 6.30. The monoisotopic (exact) mass is 264 g/mol. The minimum Gasteiger partial charge on any atom is -0.426 e. The topological polar surface area (TPSA) is 66.8 Å². The number of hydrogen-bond acceptors (Lipinski definition) is 4. The molecule has 0 amide bonds. The van der Waals surface area contributed by atoms with Crippen LogP contribution in [0.4, 0.5) is 0 Å². The summed E-state index contributed by atoms with van der Waals surface area (Å²) in [6.07, 6.45) is 3.79. The number of carbonyl (C=O) groups excluding carboxylic acids is 1. The van der Waals surface area contributed by atoms with Crippen molar-refractivity contribution in [1.82, 2.24) is 0 Å². The van der Waals surface area contributed by atoms with Crippen LogP contribution in [0.15, 0.2) is 22.8 Å². The predicted molar refractivity (Wildman–Crippen MR) is 69.0 cm³/mol. The summed E-state index contributed by atoms with van der Waals surface area (Å²) < 4.78 is 5.17. The molecule has 0 aromatic heterocycles. The van der Waals surface area contributed by atoms with Gasteiger partial charge in [-0.2, -0.15) is 0 Å². The van der Waals surface area contributed by atoms with Gasteiger partial charge in [0.25, 0.3) is 0 Å². The van der Waals surface area contributed by atoms with Crippen LogP contribution in [0.2, 0.25) is 0 Å². The van der Waals surface area contributed by atoms with E-state index in [0.717, 1.165) is 6.42 Å². The standard InChI is InChI=1S/C15H20O4/c1-8-4-5-14(17)9(2)7-15(18)12(11(14)6-8)10(3)13(16)19-15/h6,9,11,17-18H,4-5,7H2,1-3H3. The Bertz CT molecular complexity index is 518. The predicted octanol–water partition coefficient (Wildman–Crippen LogP) is 1.68. The lowest BCUT2D eigenvalue weighted by atomic mass is 9.59. The molecule has 3 aliphatic rings. The fourth-order valence-electron chi connectivity index (χ4n) is 3.86. The molecule has 0 spiro atoms. The van der Waals surface area contributed by atoms with Gasteiger partial charge in [-0.3, -0.25) is 0 Å². The second-order valence-electron chi connectivity index (χ2n) is 6.30. The van der Waals surface area contributed by atoms with Crippen LogP contribution in [0.5, 0.6) is 0 Å². The van der Waals surface area contributed by atoms with Crippen LogP contribution >= 0.6 is 0 Å². The summed E-state index contributed by atoms with van der Waals surface area (Å²) in [5, 5.41) is 21.6. The Balaban J connectivity index is 2.19. The first-order valence-corrected chi connectivity index (χ1v) is 6.84. The number of carbonyl (C=O) groups is 1. The number of rotatable bonds is 0. The van der Waals surface area contributed by atoms with Gasteiger partial charge in [0.1, 0.15) is 0 Å². The number of hydrogen-bond donors (Lipinski definition) is 2. The largest absolute Gasteiger partial charge is 0.426 e. The normalized spacial score (nSPS) is 45.5. The van der Waals surface area contributed by atoms with Crippen LogP contribution < -0.4 is 0 Å². The maximum atomic E-state index is 11.8.